The van der Waals surface area contributed by atoms with Gasteiger partial charge in [0.05, 0.1) is 0 Å². The van der Waals surface area contributed by atoms with Crippen LogP contribution in [0.1, 0.15) is 50.8 Å². The van der Waals surface area contributed by atoms with E-state index in [1.54, 1.807) is 0 Å². The molecule has 1 atom stereocenters. The molecule has 1 unspecified atom stereocenters. The molecule has 0 aromatic carbocycles. The quantitative estimate of drug-likeness (QED) is 0.660. The van der Waals surface area contributed by atoms with Crippen LogP contribution in [-0.2, 0) is 6.54 Å². The Morgan fingerprint density at radius 3 is 2.63 bits per heavy atom. The van der Waals surface area contributed by atoms with Crippen molar-refractivity contribution in [3.63, 3.8) is 0 Å². The highest BCUT2D eigenvalue weighted by molar-refractivity contribution is 9.10. The summed E-state index contributed by atoms with van der Waals surface area (Å²) in [5.74, 6) is 0. The number of halogens is 1. The standard InChI is InChI=1S/C15H27BrN2S/c1-4-5-6-7-8-15(2,12-17)18(3)10-14-9-13(16)11-19-14/h9,11H,4-8,10,12,17H2,1-3H3. The van der Waals surface area contributed by atoms with Crippen LogP contribution >= 0.6 is 27.3 Å². The minimum absolute atomic E-state index is 0.115. The molecule has 0 aliphatic heterocycles. The Morgan fingerprint density at radius 2 is 2.11 bits per heavy atom. The lowest BCUT2D eigenvalue weighted by atomic mass is 9.92. The van der Waals surface area contributed by atoms with Gasteiger partial charge in [0.25, 0.3) is 0 Å². The van der Waals surface area contributed by atoms with Crippen molar-refractivity contribution in [1.29, 1.82) is 0 Å². The van der Waals surface area contributed by atoms with Gasteiger partial charge >= 0.3 is 0 Å². The Hall–Kier alpha value is 0.1000. The number of nitrogens with two attached hydrogens (primary N) is 1. The normalized spacial score (nSPS) is 14.8. The lowest BCUT2D eigenvalue weighted by molar-refractivity contribution is 0.124. The third kappa shape index (κ3) is 5.54. The first kappa shape index (κ1) is 17.2. The van der Waals surface area contributed by atoms with E-state index in [0.29, 0.717) is 0 Å². The highest BCUT2D eigenvalue weighted by Gasteiger charge is 2.27. The molecule has 1 aromatic heterocycles. The summed E-state index contributed by atoms with van der Waals surface area (Å²) in [4.78, 5) is 3.81. The van der Waals surface area contributed by atoms with Crippen LogP contribution in [0, 0.1) is 0 Å². The zero-order chi connectivity index (χ0) is 14.3. The molecule has 1 heterocycles. The number of nitrogens with zero attached hydrogens (tertiary/aromatic N) is 1. The summed E-state index contributed by atoms with van der Waals surface area (Å²) in [6.07, 6.45) is 6.41. The summed E-state index contributed by atoms with van der Waals surface area (Å²) in [5.41, 5.74) is 6.15. The fraction of sp³-hybridized carbons (Fsp3) is 0.733. The van der Waals surface area contributed by atoms with Gasteiger partial charge in [-0.25, -0.2) is 0 Å². The Bertz CT molecular complexity index is 367. The maximum absolute atomic E-state index is 6.03. The van der Waals surface area contributed by atoms with Crippen molar-refractivity contribution in [2.75, 3.05) is 13.6 Å². The van der Waals surface area contributed by atoms with Gasteiger partial charge in [-0.2, -0.15) is 0 Å². The molecule has 1 aromatic rings. The van der Waals surface area contributed by atoms with E-state index in [4.69, 9.17) is 5.73 Å². The van der Waals surface area contributed by atoms with Gasteiger partial charge in [0, 0.05) is 33.4 Å². The highest BCUT2D eigenvalue weighted by atomic mass is 79.9. The largest absolute Gasteiger partial charge is 0.329 e. The molecule has 0 saturated heterocycles. The molecule has 0 spiro atoms. The van der Waals surface area contributed by atoms with Crippen LogP contribution in [0.3, 0.4) is 0 Å². The summed E-state index contributed by atoms with van der Waals surface area (Å²) < 4.78 is 1.18. The van der Waals surface area contributed by atoms with Crippen molar-refractivity contribution in [3.8, 4) is 0 Å². The van der Waals surface area contributed by atoms with Crippen LogP contribution in [0.15, 0.2) is 15.9 Å². The van der Waals surface area contributed by atoms with Gasteiger partial charge in [-0.1, -0.05) is 32.6 Å². The Morgan fingerprint density at radius 1 is 1.37 bits per heavy atom. The molecule has 0 saturated carbocycles. The first-order valence-electron chi connectivity index (χ1n) is 7.16. The lowest BCUT2D eigenvalue weighted by Gasteiger charge is -2.38. The third-order valence-corrected chi connectivity index (χ3v) is 5.63. The number of likely N-dealkylation sites (N-methyl/N-ethyl adjacent to an activating group) is 1. The molecule has 110 valence electrons. The average Bonchev–Trinajstić information content (AvgIpc) is 2.79. The number of thiophene rings is 1. The Balaban J connectivity index is 2.51. The molecule has 4 heteroatoms. The first-order valence-corrected chi connectivity index (χ1v) is 8.83. The van der Waals surface area contributed by atoms with Crippen molar-refractivity contribution in [2.24, 2.45) is 5.73 Å². The highest BCUT2D eigenvalue weighted by Crippen LogP contribution is 2.26. The number of hydrogen-bond donors (Lipinski definition) is 1. The van der Waals surface area contributed by atoms with E-state index in [0.717, 1.165) is 13.1 Å². The van der Waals surface area contributed by atoms with Gasteiger partial charge in [-0.05, 0) is 42.4 Å². The summed E-state index contributed by atoms with van der Waals surface area (Å²) in [7, 11) is 2.19. The van der Waals surface area contributed by atoms with Crippen LogP contribution in [0.4, 0.5) is 0 Å². The van der Waals surface area contributed by atoms with E-state index < -0.39 is 0 Å². The second-order valence-electron chi connectivity index (χ2n) is 5.60. The second kappa shape index (κ2) is 8.40. The van der Waals surface area contributed by atoms with E-state index in [1.165, 1.54) is 41.5 Å². The maximum Gasteiger partial charge on any atom is 0.0331 e. The molecular weight excluding hydrogens is 320 g/mol. The minimum Gasteiger partial charge on any atom is -0.329 e. The molecule has 0 amide bonds. The SMILES string of the molecule is CCCCCCC(C)(CN)N(C)Cc1cc(Br)cs1. The molecule has 1 rings (SSSR count). The fourth-order valence-electron chi connectivity index (χ4n) is 2.24. The average molecular weight is 347 g/mol. The van der Waals surface area contributed by atoms with Crippen LogP contribution in [0.25, 0.3) is 0 Å². The summed E-state index contributed by atoms with van der Waals surface area (Å²) in [6.45, 7) is 6.25. The smallest absolute Gasteiger partial charge is 0.0331 e. The van der Waals surface area contributed by atoms with Crippen molar-refractivity contribution >= 4 is 27.3 Å². The molecule has 0 aliphatic rings. The molecule has 19 heavy (non-hydrogen) atoms. The van der Waals surface area contributed by atoms with Crippen LogP contribution < -0.4 is 5.73 Å². The van der Waals surface area contributed by atoms with Gasteiger partial charge in [-0.3, -0.25) is 4.90 Å². The lowest BCUT2D eigenvalue weighted by Crippen LogP contribution is -2.49. The zero-order valence-corrected chi connectivity index (χ0v) is 14.8. The maximum atomic E-state index is 6.03. The number of unbranched alkanes of at least 4 members (excludes halogenated alkanes) is 3. The molecule has 2 nitrogen and oxygen atoms in total. The van der Waals surface area contributed by atoms with Crippen LogP contribution in [0.2, 0.25) is 0 Å². The zero-order valence-electron chi connectivity index (χ0n) is 12.4. The van der Waals surface area contributed by atoms with Crippen LogP contribution in [-0.4, -0.2) is 24.0 Å². The topological polar surface area (TPSA) is 29.3 Å². The van der Waals surface area contributed by atoms with Crippen LogP contribution in [0.5, 0.6) is 0 Å². The molecular formula is C15H27BrN2S. The van der Waals surface area contributed by atoms with Gasteiger partial charge < -0.3 is 5.73 Å². The van der Waals surface area contributed by atoms with Gasteiger partial charge in [0.1, 0.15) is 0 Å². The van der Waals surface area contributed by atoms with Crippen molar-refractivity contribution in [2.45, 2.75) is 58.0 Å². The second-order valence-corrected chi connectivity index (χ2v) is 7.51. The predicted octanol–water partition coefficient (Wildman–Crippen LogP) is 4.63. The molecule has 0 bridgehead atoms. The van der Waals surface area contributed by atoms with Crippen molar-refractivity contribution in [1.82, 2.24) is 4.90 Å². The molecule has 0 aliphatic carbocycles. The van der Waals surface area contributed by atoms with Gasteiger partial charge in [0.15, 0.2) is 0 Å². The summed E-state index contributed by atoms with van der Waals surface area (Å²) in [6, 6.07) is 2.20. The Labute approximate surface area is 130 Å². The minimum atomic E-state index is 0.115. The monoisotopic (exact) mass is 346 g/mol. The van der Waals surface area contributed by atoms with E-state index in [9.17, 15) is 0 Å². The van der Waals surface area contributed by atoms with E-state index in [-0.39, 0.29) is 5.54 Å². The van der Waals surface area contributed by atoms with Gasteiger partial charge in [-0.15, -0.1) is 11.3 Å². The summed E-state index contributed by atoms with van der Waals surface area (Å²) in [5, 5.41) is 2.14. The van der Waals surface area contributed by atoms with E-state index in [1.807, 2.05) is 11.3 Å². The summed E-state index contributed by atoms with van der Waals surface area (Å²) >= 11 is 5.32. The van der Waals surface area contributed by atoms with Crippen molar-refractivity contribution < 1.29 is 0 Å². The third-order valence-electron chi connectivity index (χ3n) is 3.94. The molecule has 2 N–H and O–H groups in total. The fourth-order valence-corrected chi connectivity index (χ4v) is 3.75. The van der Waals surface area contributed by atoms with Gasteiger partial charge in [0.2, 0.25) is 0 Å². The predicted molar refractivity (Wildman–Crippen MR) is 89.7 cm³/mol. The first-order chi connectivity index (χ1) is 9.01. The van der Waals surface area contributed by atoms with E-state index >= 15 is 0 Å². The Kier molecular flexibility index (Phi) is 7.58. The van der Waals surface area contributed by atoms with Crippen molar-refractivity contribution in [3.05, 3.63) is 20.8 Å². The molecule has 0 fully saturated rings. The molecule has 0 radical (unpaired) electrons. The van der Waals surface area contributed by atoms with E-state index in [2.05, 4.69) is 53.2 Å². The number of hydrogen-bond acceptors (Lipinski definition) is 3. The number of rotatable bonds is 9.